The van der Waals surface area contributed by atoms with Crippen LogP contribution in [0.1, 0.15) is 29.8 Å². The van der Waals surface area contributed by atoms with Crippen LogP contribution in [0.2, 0.25) is 10.0 Å². The summed E-state index contributed by atoms with van der Waals surface area (Å²) in [5, 5.41) is 5.26. The Balaban J connectivity index is 1.22. The lowest BCUT2D eigenvalue weighted by Gasteiger charge is -2.30. The van der Waals surface area contributed by atoms with Crippen molar-refractivity contribution in [3.05, 3.63) is 75.5 Å². The van der Waals surface area contributed by atoms with E-state index in [0.717, 1.165) is 48.9 Å². The summed E-state index contributed by atoms with van der Waals surface area (Å²) in [5.41, 5.74) is 2.20. The fraction of sp³-hybridized carbons (Fsp3) is 0.348. The fourth-order valence-corrected chi connectivity index (χ4v) is 4.99. The monoisotopic (exact) mass is 474 g/mol. The van der Waals surface area contributed by atoms with Crippen LogP contribution in [0.15, 0.2) is 48.5 Å². The molecule has 5 nitrogen and oxygen atoms in total. The van der Waals surface area contributed by atoms with Crippen molar-refractivity contribution < 1.29 is 4.79 Å². The average molecular weight is 475 g/mol. The molecule has 0 unspecified atom stereocenters. The highest BCUT2D eigenvalue weighted by atomic mass is 35.5. The molecule has 1 aliphatic heterocycles. The number of hydrogen-bond donors (Lipinski definition) is 1. The predicted molar refractivity (Wildman–Crippen MR) is 127 cm³/mol. The van der Waals surface area contributed by atoms with Crippen molar-refractivity contribution in [3.63, 3.8) is 0 Å². The van der Waals surface area contributed by atoms with Gasteiger partial charge in [-0.1, -0.05) is 59.6 Å². The molecule has 31 heavy (non-hydrogen) atoms. The van der Waals surface area contributed by atoms with E-state index in [1.165, 1.54) is 17.1 Å². The molecule has 162 valence electrons. The number of carbonyl (C=O) groups excluding carboxylic acids is 1. The lowest BCUT2D eigenvalue weighted by molar-refractivity contribution is -0.125. The van der Waals surface area contributed by atoms with E-state index < -0.39 is 0 Å². The molecule has 1 fully saturated rings. The second-order valence-electron chi connectivity index (χ2n) is 7.69. The van der Waals surface area contributed by atoms with Crippen molar-refractivity contribution >= 4 is 45.8 Å². The second-order valence-corrected chi connectivity index (χ2v) is 9.27. The van der Waals surface area contributed by atoms with Gasteiger partial charge < -0.3 is 10.2 Å². The average Bonchev–Trinajstić information content (AvgIpc) is 3.24. The summed E-state index contributed by atoms with van der Waals surface area (Å²) >= 11 is 13.6. The van der Waals surface area contributed by atoms with Crippen LogP contribution in [0.25, 0.3) is 0 Å². The van der Waals surface area contributed by atoms with Crippen LogP contribution in [-0.2, 0) is 17.6 Å². The van der Waals surface area contributed by atoms with E-state index in [2.05, 4.69) is 26.7 Å². The zero-order chi connectivity index (χ0) is 21.6. The van der Waals surface area contributed by atoms with Gasteiger partial charge in [0.05, 0.1) is 0 Å². The number of aromatic nitrogens is 2. The Morgan fingerprint density at radius 3 is 2.65 bits per heavy atom. The number of nitrogens with zero attached hydrogens (tertiary/aromatic N) is 3. The van der Waals surface area contributed by atoms with Gasteiger partial charge in [-0.05, 0) is 42.5 Å². The predicted octanol–water partition coefficient (Wildman–Crippen LogP) is 5.01. The molecule has 1 aliphatic rings. The molecule has 0 saturated carbocycles. The summed E-state index contributed by atoms with van der Waals surface area (Å²) in [6.45, 7) is 2.21. The first-order chi connectivity index (χ1) is 15.1. The first-order valence-corrected chi connectivity index (χ1v) is 11.9. The minimum Gasteiger partial charge on any atom is -0.356 e. The molecule has 0 bridgehead atoms. The highest BCUT2D eigenvalue weighted by Crippen LogP contribution is 2.26. The van der Waals surface area contributed by atoms with E-state index >= 15 is 0 Å². The first-order valence-electron chi connectivity index (χ1n) is 10.4. The minimum absolute atomic E-state index is 0.0358. The molecule has 0 atom stereocenters. The van der Waals surface area contributed by atoms with Crippen molar-refractivity contribution in [2.75, 3.05) is 24.5 Å². The van der Waals surface area contributed by atoms with Gasteiger partial charge in [0.1, 0.15) is 5.82 Å². The van der Waals surface area contributed by atoms with Crippen LogP contribution in [0, 0.1) is 5.92 Å². The molecule has 1 N–H and O–H groups in total. The SMILES string of the molecule is O=C(NCCc1ccc(Cl)cc1Cl)C1CCN(c2nc(Cc3ccccc3)ns2)CC1. The standard InChI is InChI=1S/C23H24Cl2N4OS/c24-19-7-6-17(20(25)15-19)8-11-26-22(30)18-9-12-29(13-10-18)23-27-21(28-31-23)14-16-4-2-1-3-5-16/h1-7,15,18H,8-14H2,(H,26,30). The second kappa shape index (κ2) is 10.4. The van der Waals surface area contributed by atoms with Gasteiger partial charge >= 0.3 is 0 Å². The summed E-state index contributed by atoms with van der Waals surface area (Å²) in [7, 11) is 0. The molecule has 1 amide bonds. The molecule has 2 heterocycles. The molecule has 1 saturated heterocycles. The third kappa shape index (κ3) is 5.97. The molecular formula is C23H24Cl2N4OS. The van der Waals surface area contributed by atoms with Crippen molar-refractivity contribution in [1.82, 2.24) is 14.7 Å². The van der Waals surface area contributed by atoms with Crippen LogP contribution in [0.5, 0.6) is 0 Å². The third-order valence-electron chi connectivity index (χ3n) is 5.51. The number of carbonyl (C=O) groups is 1. The van der Waals surface area contributed by atoms with Gasteiger partial charge in [-0.2, -0.15) is 4.37 Å². The van der Waals surface area contributed by atoms with Gasteiger partial charge in [0.2, 0.25) is 11.0 Å². The van der Waals surface area contributed by atoms with E-state index in [1.54, 1.807) is 6.07 Å². The fourth-order valence-electron chi connectivity index (χ4n) is 3.75. The molecule has 3 aromatic rings. The van der Waals surface area contributed by atoms with Crippen LogP contribution >= 0.6 is 34.7 Å². The highest BCUT2D eigenvalue weighted by Gasteiger charge is 2.26. The van der Waals surface area contributed by atoms with Crippen LogP contribution in [-0.4, -0.2) is 34.9 Å². The van der Waals surface area contributed by atoms with Gasteiger partial charge in [0.25, 0.3) is 0 Å². The highest BCUT2D eigenvalue weighted by molar-refractivity contribution is 7.09. The summed E-state index contributed by atoms with van der Waals surface area (Å²) in [4.78, 5) is 19.5. The first kappa shape index (κ1) is 22.1. The summed E-state index contributed by atoms with van der Waals surface area (Å²) in [6.07, 6.45) is 3.08. The number of amides is 1. The Hall–Kier alpha value is -2.15. The molecule has 1 aromatic heterocycles. The van der Waals surface area contributed by atoms with Gasteiger partial charge in [0.15, 0.2) is 0 Å². The van der Waals surface area contributed by atoms with E-state index in [0.29, 0.717) is 23.0 Å². The van der Waals surface area contributed by atoms with E-state index in [4.69, 9.17) is 28.2 Å². The molecule has 8 heteroatoms. The van der Waals surface area contributed by atoms with Crippen LogP contribution in [0.4, 0.5) is 5.13 Å². The molecule has 0 radical (unpaired) electrons. The Morgan fingerprint density at radius 2 is 1.90 bits per heavy atom. The quantitative estimate of drug-likeness (QED) is 0.522. The number of piperidine rings is 1. The molecule has 2 aromatic carbocycles. The van der Waals surface area contributed by atoms with Gasteiger partial charge in [0, 0.05) is 53.6 Å². The van der Waals surface area contributed by atoms with E-state index in [9.17, 15) is 4.79 Å². The molecule has 0 aliphatic carbocycles. The number of anilines is 1. The maximum atomic E-state index is 12.6. The van der Waals surface area contributed by atoms with Crippen molar-refractivity contribution in [2.45, 2.75) is 25.7 Å². The Labute approximate surface area is 196 Å². The minimum atomic E-state index is 0.0358. The van der Waals surface area contributed by atoms with Crippen molar-refractivity contribution in [1.29, 1.82) is 0 Å². The van der Waals surface area contributed by atoms with Gasteiger partial charge in [-0.3, -0.25) is 4.79 Å². The van der Waals surface area contributed by atoms with Gasteiger partial charge in [-0.25, -0.2) is 4.98 Å². The maximum absolute atomic E-state index is 12.6. The number of nitrogens with one attached hydrogen (secondary N) is 1. The number of benzene rings is 2. The summed E-state index contributed by atoms with van der Waals surface area (Å²) in [5.74, 6) is 1.01. The Kier molecular flexibility index (Phi) is 7.43. The maximum Gasteiger partial charge on any atom is 0.223 e. The summed E-state index contributed by atoms with van der Waals surface area (Å²) < 4.78 is 4.51. The van der Waals surface area contributed by atoms with Crippen molar-refractivity contribution in [3.8, 4) is 0 Å². The molecule has 4 rings (SSSR count). The Morgan fingerprint density at radius 1 is 1.13 bits per heavy atom. The largest absolute Gasteiger partial charge is 0.356 e. The normalized spacial score (nSPS) is 14.6. The summed E-state index contributed by atoms with van der Waals surface area (Å²) in [6, 6.07) is 15.7. The molecule has 0 spiro atoms. The molecular weight excluding hydrogens is 451 g/mol. The number of hydrogen-bond acceptors (Lipinski definition) is 5. The Bertz CT molecular complexity index is 1020. The zero-order valence-corrected chi connectivity index (χ0v) is 19.4. The number of halogens is 2. The lowest BCUT2D eigenvalue weighted by Crippen LogP contribution is -2.41. The smallest absolute Gasteiger partial charge is 0.223 e. The zero-order valence-electron chi connectivity index (χ0n) is 17.1. The lowest BCUT2D eigenvalue weighted by atomic mass is 9.96. The third-order valence-corrected chi connectivity index (χ3v) is 6.91. The topological polar surface area (TPSA) is 58.1 Å². The van der Waals surface area contributed by atoms with E-state index in [-0.39, 0.29) is 11.8 Å². The van der Waals surface area contributed by atoms with Crippen LogP contribution in [0.3, 0.4) is 0 Å². The van der Waals surface area contributed by atoms with Crippen molar-refractivity contribution in [2.24, 2.45) is 5.92 Å². The van der Waals surface area contributed by atoms with E-state index in [1.807, 2.05) is 30.3 Å². The van der Waals surface area contributed by atoms with Gasteiger partial charge in [-0.15, -0.1) is 0 Å². The number of rotatable bonds is 7. The van der Waals surface area contributed by atoms with Crippen LogP contribution < -0.4 is 10.2 Å².